The Morgan fingerprint density at radius 2 is 1.84 bits per heavy atom. The van der Waals surface area contributed by atoms with Gasteiger partial charge in [-0.1, -0.05) is 31.5 Å². The van der Waals surface area contributed by atoms with Crippen LogP contribution in [0.5, 0.6) is 0 Å². The van der Waals surface area contributed by atoms with Crippen molar-refractivity contribution < 1.29 is 0 Å². The zero-order chi connectivity index (χ0) is 14.0. The number of benzene rings is 1. The molecule has 1 aliphatic carbocycles. The van der Waals surface area contributed by atoms with E-state index in [1.54, 1.807) is 0 Å². The fourth-order valence-corrected chi connectivity index (χ4v) is 3.89. The van der Waals surface area contributed by atoms with Gasteiger partial charge in [-0.2, -0.15) is 0 Å². The first-order valence-electron chi connectivity index (χ1n) is 7.23. The zero-order valence-corrected chi connectivity index (χ0v) is 12.9. The first-order chi connectivity index (χ1) is 9.01. The first kappa shape index (κ1) is 14.8. The van der Waals surface area contributed by atoms with E-state index in [1.165, 1.54) is 30.4 Å². The summed E-state index contributed by atoms with van der Waals surface area (Å²) in [4.78, 5) is 0. The van der Waals surface area contributed by atoms with Crippen LogP contribution in [-0.2, 0) is 0 Å². The molecule has 106 valence electrons. The monoisotopic (exact) mass is 280 g/mol. The maximum atomic E-state index is 6.15. The van der Waals surface area contributed by atoms with Gasteiger partial charge in [0.15, 0.2) is 0 Å². The Labute approximate surface area is 121 Å². The maximum Gasteiger partial charge on any atom is 0.0491 e. The molecule has 0 amide bonds. The van der Waals surface area contributed by atoms with Gasteiger partial charge in [-0.25, -0.2) is 0 Å². The highest BCUT2D eigenvalue weighted by Crippen LogP contribution is 2.40. The number of hydrogen-bond acceptors (Lipinski definition) is 2. The van der Waals surface area contributed by atoms with E-state index in [0.29, 0.717) is 5.92 Å². The Bertz CT molecular complexity index is 423. The average Bonchev–Trinajstić information content (AvgIpc) is 2.33. The number of rotatable bonds is 3. The van der Waals surface area contributed by atoms with Crippen LogP contribution in [0.15, 0.2) is 18.2 Å². The number of hydrazine groups is 1. The van der Waals surface area contributed by atoms with E-state index in [2.05, 4.69) is 38.3 Å². The van der Waals surface area contributed by atoms with Crippen LogP contribution in [0.25, 0.3) is 0 Å². The summed E-state index contributed by atoms with van der Waals surface area (Å²) < 4.78 is 0. The third-order valence-electron chi connectivity index (χ3n) is 4.44. The first-order valence-corrected chi connectivity index (χ1v) is 7.61. The van der Waals surface area contributed by atoms with Gasteiger partial charge in [-0.15, -0.1) is 0 Å². The van der Waals surface area contributed by atoms with Gasteiger partial charge in [0.25, 0.3) is 0 Å². The van der Waals surface area contributed by atoms with Crippen LogP contribution in [-0.4, -0.2) is 0 Å². The normalized spacial score (nSPS) is 29.2. The highest BCUT2D eigenvalue weighted by molar-refractivity contribution is 6.30. The third kappa shape index (κ3) is 3.50. The molecule has 3 unspecified atom stereocenters. The summed E-state index contributed by atoms with van der Waals surface area (Å²) in [5, 5.41) is 0.790. The largest absolute Gasteiger partial charge is 0.271 e. The van der Waals surface area contributed by atoms with E-state index < -0.39 is 0 Å². The lowest BCUT2D eigenvalue weighted by Crippen LogP contribution is -2.37. The Morgan fingerprint density at radius 3 is 2.42 bits per heavy atom. The lowest BCUT2D eigenvalue weighted by Gasteiger charge is -2.37. The Kier molecular flexibility index (Phi) is 4.88. The van der Waals surface area contributed by atoms with Gasteiger partial charge in [0.1, 0.15) is 0 Å². The Balaban J connectivity index is 2.26. The molecular weight excluding hydrogens is 256 g/mol. The van der Waals surface area contributed by atoms with E-state index in [4.69, 9.17) is 17.4 Å². The van der Waals surface area contributed by atoms with Crippen LogP contribution in [0.1, 0.15) is 50.3 Å². The van der Waals surface area contributed by atoms with Crippen molar-refractivity contribution in [1.82, 2.24) is 5.43 Å². The van der Waals surface area contributed by atoms with Gasteiger partial charge in [0.2, 0.25) is 0 Å². The zero-order valence-electron chi connectivity index (χ0n) is 12.1. The fraction of sp³-hybridized carbons (Fsp3) is 0.625. The standard InChI is InChI=1S/C16H25ClN2/c1-10-6-11(2)8-13(7-10)16(19-18)15-9-14(17)5-4-12(15)3/h4-5,9-11,13,16,19H,6-8,18H2,1-3H3. The predicted molar refractivity (Wildman–Crippen MR) is 81.9 cm³/mol. The van der Waals surface area contributed by atoms with Crippen LogP contribution < -0.4 is 11.3 Å². The number of aryl methyl sites for hydroxylation is 1. The van der Waals surface area contributed by atoms with Crippen LogP contribution in [0.4, 0.5) is 0 Å². The molecule has 1 aromatic rings. The molecule has 0 heterocycles. The Hall–Kier alpha value is -0.570. The molecule has 1 saturated carbocycles. The molecule has 0 radical (unpaired) electrons. The SMILES string of the molecule is Cc1ccc(Cl)cc1C(NN)C1CC(C)CC(C)C1. The summed E-state index contributed by atoms with van der Waals surface area (Å²) in [5.74, 6) is 8.01. The molecule has 1 aliphatic rings. The number of hydrogen-bond donors (Lipinski definition) is 2. The number of nitrogens with two attached hydrogens (primary N) is 1. The van der Waals surface area contributed by atoms with Crippen LogP contribution in [0, 0.1) is 24.7 Å². The number of halogens is 1. The minimum Gasteiger partial charge on any atom is -0.271 e. The summed E-state index contributed by atoms with van der Waals surface area (Å²) >= 11 is 6.15. The average molecular weight is 281 g/mol. The summed E-state index contributed by atoms with van der Waals surface area (Å²) in [6, 6.07) is 6.30. The van der Waals surface area contributed by atoms with Crippen molar-refractivity contribution in [3.8, 4) is 0 Å². The molecule has 19 heavy (non-hydrogen) atoms. The topological polar surface area (TPSA) is 38.0 Å². The van der Waals surface area contributed by atoms with Crippen LogP contribution >= 0.6 is 11.6 Å². The summed E-state index contributed by atoms with van der Waals surface area (Å²) in [5.41, 5.74) is 5.55. The second-order valence-electron chi connectivity index (χ2n) is 6.32. The van der Waals surface area contributed by atoms with E-state index in [-0.39, 0.29) is 6.04 Å². The second kappa shape index (κ2) is 6.25. The number of nitrogens with one attached hydrogen (secondary N) is 1. The van der Waals surface area contributed by atoms with Crippen molar-refractivity contribution in [1.29, 1.82) is 0 Å². The maximum absolute atomic E-state index is 6.15. The molecule has 0 aliphatic heterocycles. The molecule has 2 nitrogen and oxygen atoms in total. The highest BCUT2D eigenvalue weighted by atomic mass is 35.5. The molecule has 1 fully saturated rings. The summed E-state index contributed by atoms with van der Waals surface area (Å²) in [7, 11) is 0. The highest BCUT2D eigenvalue weighted by Gasteiger charge is 2.31. The van der Waals surface area contributed by atoms with Gasteiger partial charge in [-0.3, -0.25) is 11.3 Å². The van der Waals surface area contributed by atoms with E-state index in [0.717, 1.165) is 16.9 Å². The quantitative estimate of drug-likeness (QED) is 0.642. The van der Waals surface area contributed by atoms with E-state index in [1.807, 2.05) is 6.07 Å². The molecule has 3 heteroatoms. The lowest BCUT2D eigenvalue weighted by atomic mass is 9.72. The molecule has 0 spiro atoms. The van der Waals surface area contributed by atoms with Gasteiger partial charge in [-0.05, 0) is 67.2 Å². The van der Waals surface area contributed by atoms with Crippen molar-refractivity contribution >= 4 is 11.6 Å². The molecule has 3 N–H and O–H groups in total. The molecule has 0 saturated heterocycles. The fourth-order valence-electron chi connectivity index (χ4n) is 3.71. The molecule has 0 bridgehead atoms. The molecule has 2 rings (SSSR count). The van der Waals surface area contributed by atoms with Crippen molar-refractivity contribution in [2.45, 2.75) is 46.1 Å². The van der Waals surface area contributed by atoms with E-state index >= 15 is 0 Å². The minimum atomic E-state index is 0.212. The van der Waals surface area contributed by atoms with Crippen molar-refractivity contribution in [2.75, 3.05) is 0 Å². The van der Waals surface area contributed by atoms with Crippen LogP contribution in [0.2, 0.25) is 5.02 Å². The van der Waals surface area contributed by atoms with Gasteiger partial charge in [0, 0.05) is 11.1 Å². The smallest absolute Gasteiger partial charge is 0.0491 e. The lowest BCUT2D eigenvalue weighted by molar-refractivity contribution is 0.176. The Morgan fingerprint density at radius 1 is 1.21 bits per heavy atom. The van der Waals surface area contributed by atoms with Crippen molar-refractivity contribution in [3.63, 3.8) is 0 Å². The van der Waals surface area contributed by atoms with Crippen molar-refractivity contribution in [2.24, 2.45) is 23.6 Å². The van der Waals surface area contributed by atoms with Crippen LogP contribution in [0.3, 0.4) is 0 Å². The van der Waals surface area contributed by atoms with Gasteiger partial charge in [0.05, 0.1) is 0 Å². The molecule has 3 atom stereocenters. The predicted octanol–water partition coefficient (Wildman–Crippen LogP) is 4.23. The summed E-state index contributed by atoms with van der Waals surface area (Å²) in [6.45, 7) is 6.83. The van der Waals surface area contributed by atoms with Gasteiger partial charge < -0.3 is 0 Å². The molecular formula is C16H25ClN2. The molecule has 0 aromatic heterocycles. The van der Waals surface area contributed by atoms with E-state index in [9.17, 15) is 0 Å². The second-order valence-corrected chi connectivity index (χ2v) is 6.76. The van der Waals surface area contributed by atoms with Crippen molar-refractivity contribution in [3.05, 3.63) is 34.3 Å². The van der Waals surface area contributed by atoms with Gasteiger partial charge >= 0.3 is 0 Å². The minimum absolute atomic E-state index is 0.212. The third-order valence-corrected chi connectivity index (χ3v) is 4.68. The molecule has 1 aromatic carbocycles. The summed E-state index contributed by atoms with van der Waals surface area (Å²) in [6.07, 6.45) is 3.82.